The molecule has 2 N–H and O–H groups in total. The number of piperazine rings is 1. The third-order valence-electron chi connectivity index (χ3n) is 3.10. The van der Waals surface area contributed by atoms with Gasteiger partial charge in [0.2, 0.25) is 5.91 Å². The molecule has 1 aromatic carbocycles. The number of carbonyl (C=O) groups excluding carboxylic acids is 1. The second kappa shape index (κ2) is 5.06. The zero-order chi connectivity index (χ0) is 12.4. The van der Waals surface area contributed by atoms with Crippen LogP contribution in [0, 0.1) is 0 Å². The fourth-order valence-corrected chi connectivity index (χ4v) is 2.63. The van der Waals surface area contributed by atoms with Gasteiger partial charge in [-0.2, -0.15) is 0 Å². The van der Waals surface area contributed by atoms with Crippen molar-refractivity contribution in [2.75, 3.05) is 31.6 Å². The van der Waals surface area contributed by atoms with Crippen LogP contribution in [0.3, 0.4) is 0 Å². The predicted molar refractivity (Wildman–Crippen MR) is 72.0 cm³/mol. The second-order valence-electron chi connectivity index (χ2n) is 4.16. The Morgan fingerprint density at radius 3 is 2.76 bits per heavy atom. The average Bonchev–Trinajstić information content (AvgIpc) is 2.33. The number of anilines is 1. The van der Waals surface area contributed by atoms with Crippen molar-refractivity contribution in [1.82, 2.24) is 4.90 Å². The lowest BCUT2D eigenvalue weighted by molar-refractivity contribution is -0.132. The van der Waals surface area contributed by atoms with E-state index in [1.54, 1.807) is 4.90 Å². The zero-order valence-electron chi connectivity index (χ0n) is 9.77. The number of benzene rings is 1. The van der Waals surface area contributed by atoms with E-state index in [9.17, 15) is 4.79 Å². The van der Waals surface area contributed by atoms with E-state index in [4.69, 9.17) is 5.73 Å². The van der Waals surface area contributed by atoms with Crippen LogP contribution in [0.1, 0.15) is 0 Å². The molecule has 0 radical (unpaired) electrons. The standard InChI is InChI=1S/C12H16BrN3O/c1-15-6-7-16(11(8-14)12(15)17)10-5-3-2-4-9(10)13/h2-5,11H,6-8,14H2,1H3. The molecule has 0 aliphatic carbocycles. The molecule has 1 heterocycles. The predicted octanol–water partition coefficient (Wildman–Crippen LogP) is 1.05. The first-order valence-corrected chi connectivity index (χ1v) is 6.40. The van der Waals surface area contributed by atoms with Gasteiger partial charge >= 0.3 is 0 Å². The number of nitrogens with two attached hydrogens (primary N) is 1. The summed E-state index contributed by atoms with van der Waals surface area (Å²) in [5.74, 6) is 0.0921. The van der Waals surface area contributed by atoms with E-state index >= 15 is 0 Å². The Bertz CT molecular complexity index is 424. The summed E-state index contributed by atoms with van der Waals surface area (Å²) < 4.78 is 0.996. The fraction of sp³-hybridized carbons (Fsp3) is 0.417. The number of amides is 1. The van der Waals surface area contributed by atoms with Gasteiger partial charge in [0.15, 0.2) is 0 Å². The van der Waals surface area contributed by atoms with Gasteiger partial charge in [-0.05, 0) is 28.1 Å². The maximum atomic E-state index is 12.0. The van der Waals surface area contributed by atoms with Crippen molar-refractivity contribution < 1.29 is 4.79 Å². The van der Waals surface area contributed by atoms with Crippen LogP contribution < -0.4 is 10.6 Å². The van der Waals surface area contributed by atoms with Crippen molar-refractivity contribution in [2.24, 2.45) is 5.73 Å². The van der Waals surface area contributed by atoms with Gasteiger partial charge in [-0.15, -0.1) is 0 Å². The van der Waals surface area contributed by atoms with Crippen LogP contribution in [0.4, 0.5) is 5.69 Å². The second-order valence-corrected chi connectivity index (χ2v) is 5.01. The molecule has 0 saturated carbocycles. The minimum atomic E-state index is -0.257. The topological polar surface area (TPSA) is 49.6 Å². The van der Waals surface area contributed by atoms with Gasteiger partial charge in [-0.1, -0.05) is 12.1 Å². The number of carbonyl (C=O) groups is 1. The Labute approximate surface area is 110 Å². The molecule has 0 spiro atoms. The van der Waals surface area contributed by atoms with E-state index in [1.807, 2.05) is 31.3 Å². The van der Waals surface area contributed by atoms with Crippen LogP contribution in [0.15, 0.2) is 28.7 Å². The number of hydrogen-bond acceptors (Lipinski definition) is 3. The molecule has 1 amide bonds. The zero-order valence-corrected chi connectivity index (χ0v) is 11.4. The summed E-state index contributed by atoms with van der Waals surface area (Å²) in [6.07, 6.45) is 0. The van der Waals surface area contributed by atoms with E-state index in [1.165, 1.54) is 0 Å². The number of nitrogens with zero attached hydrogens (tertiary/aromatic N) is 2. The SMILES string of the molecule is CN1CCN(c2ccccc2Br)C(CN)C1=O. The molecular weight excluding hydrogens is 282 g/mol. The van der Waals surface area contributed by atoms with E-state index in [0.29, 0.717) is 6.54 Å². The lowest BCUT2D eigenvalue weighted by Crippen LogP contribution is -2.58. The lowest BCUT2D eigenvalue weighted by atomic mass is 10.1. The van der Waals surface area contributed by atoms with E-state index in [0.717, 1.165) is 23.2 Å². The van der Waals surface area contributed by atoms with E-state index in [-0.39, 0.29) is 11.9 Å². The smallest absolute Gasteiger partial charge is 0.246 e. The summed E-state index contributed by atoms with van der Waals surface area (Å²) in [6, 6.07) is 7.66. The first-order chi connectivity index (χ1) is 8.15. The van der Waals surface area contributed by atoms with Gasteiger partial charge in [0.25, 0.3) is 0 Å². The third-order valence-corrected chi connectivity index (χ3v) is 3.77. The fourth-order valence-electron chi connectivity index (χ4n) is 2.11. The molecule has 4 nitrogen and oxygen atoms in total. The molecule has 2 rings (SSSR count). The highest BCUT2D eigenvalue weighted by Crippen LogP contribution is 2.28. The normalized spacial score (nSPS) is 20.9. The minimum Gasteiger partial charge on any atom is -0.356 e. The molecule has 1 unspecified atom stereocenters. The Kier molecular flexibility index (Phi) is 3.69. The number of likely N-dealkylation sites (N-methyl/N-ethyl adjacent to an activating group) is 1. The van der Waals surface area contributed by atoms with Crippen molar-refractivity contribution in [2.45, 2.75) is 6.04 Å². The van der Waals surface area contributed by atoms with Crippen molar-refractivity contribution in [3.05, 3.63) is 28.7 Å². The maximum Gasteiger partial charge on any atom is 0.246 e. The van der Waals surface area contributed by atoms with Crippen LogP contribution >= 0.6 is 15.9 Å². The first kappa shape index (κ1) is 12.4. The summed E-state index contributed by atoms with van der Waals surface area (Å²) in [7, 11) is 1.82. The van der Waals surface area contributed by atoms with Crippen LogP contribution in [0.5, 0.6) is 0 Å². The van der Waals surface area contributed by atoms with Crippen molar-refractivity contribution in [1.29, 1.82) is 0 Å². The number of rotatable bonds is 2. The average molecular weight is 298 g/mol. The Morgan fingerprint density at radius 1 is 1.41 bits per heavy atom. The lowest BCUT2D eigenvalue weighted by Gasteiger charge is -2.40. The number of hydrogen-bond donors (Lipinski definition) is 1. The highest BCUT2D eigenvalue weighted by atomic mass is 79.9. The van der Waals surface area contributed by atoms with Gasteiger partial charge in [0.05, 0.1) is 5.69 Å². The highest BCUT2D eigenvalue weighted by Gasteiger charge is 2.32. The van der Waals surface area contributed by atoms with Gasteiger partial charge in [0.1, 0.15) is 6.04 Å². The van der Waals surface area contributed by atoms with Gasteiger partial charge in [-0.3, -0.25) is 4.79 Å². The monoisotopic (exact) mass is 297 g/mol. The Hall–Kier alpha value is -1.07. The van der Waals surface area contributed by atoms with Gasteiger partial charge in [-0.25, -0.2) is 0 Å². The van der Waals surface area contributed by atoms with E-state index in [2.05, 4.69) is 20.8 Å². The van der Waals surface area contributed by atoms with E-state index < -0.39 is 0 Å². The van der Waals surface area contributed by atoms with Crippen molar-refractivity contribution in [3.8, 4) is 0 Å². The quantitative estimate of drug-likeness (QED) is 0.888. The Balaban J connectivity index is 2.32. The molecular formula is C12H16BrN3O. The molecule has 0 aromatic heterocycles. The molecule has 92 valence electrons. The summed E-state index contributed by atoms with van der Waals surface area (Å²) in [5.41, 5.74) is 6.76. The van der Waals surface area contributed by atoms with Gasteiger partial charge < -0.3 is 15.5 Å². The molecule has 5 heteroatoms. The van der Waals surface area contributed by atoms with Crippen molar-refractivity contribution >= 4 is 27.5 Å². The molecule has 17 heavy (non-hydrogen) atoms. The molecule has 1 aromatic rings. The maximum absolute atomic E-state index is 12.0. The summed E-state index contributed by atoms with van der Waals surface area (Å²) in [5, 5.41) is 0. The molecule has 0 bridgehead atoms. The highest BCUT2D eigenvalue weighted by molar-refractivity contribution is 9.10. The minimum absolute atomic E-state index is 0.0921. The largest absolute Gasteiger partial charge is 0.356 e. The summed E-state index contributed by atoms with van der Waals surface area (Å²) in [4.78, 5) is 15.9. The third kappa shape index (κ3) is 2.30. The molecule has 1 aliphatic heterocycles. The number of para-hydroxylation sites is 1. The van der Waals surface area contributed by atoms with Crippen LogP contribution in [0.2, 0.25) is 0 Å². The van der Waals surface area contributed by atoms with Crippen LogP contribution in [-0.4, -0.2) is 43.5 Å². The van der Waals surface area contributed by atoms with Crippen LogP contribution in [0.25, 0.3) is 0 Å². The van der Waals surface area contributed by atoms with Crippen molar-refractivity contribution in [3.63, 3.8) is 0 Å². The summed E-state index contributed by atoms with van der Waals surface area (Å²) >= 11 is 3.52. The van der Waals surface area contributed by atoms with Gasteiger partial charge in [0, 0.05) is 31.2 Å². The Morgan fingerprint density at radius 2 is 2.12 bits per heavy atom. The molecule has 1 saturated heterocycles. The summed E-state index contributed by atoms with van der Waals surface area (Å²) in [6.45, 7) is 1.88. The number of halogens is 1. The molecule has 1 fully saturated rings. The molecule has 1 aliphatic rings. The van der Waals surface area contributed by atoms with Crippen LogP contribution in [-0.2, 0) is 4.79 Å². The first-order valence-electron chi connectivity index (χ1n) is 5.61. The molecule has 1 atom stereocenters.